The number of ether oxygens (including phenoxy) is 2. The van der Waals surface area contributed by atoms with Gasteiger partial charge >= 0.3 is 6.09 Å². The fraction of sp³-hybridized carbons (Fsp3) is 0.667. The molecule has 0 radical (unpaired) electrons. The zero-order valence-corrected chi connectivity index (χ0v) is 8.18. The van der Waals surface area contributed by atoms with E-state index in [0.29, 0.717) is 19.6 Å². The molecule has 1 N–H and O–H groups in total. The Hall–Kier alpha value is -1.07. The summed E-state index contributed by atoms with van der Waals surface area (Å²) >= 11 is 0. The van der Waals surface area contributed by atoms with Crippen molar-refractivity contribution < 1.29 is 19.4 Å². The van der Waals surface area contributed by atoms with Crippen LogP contribution in [0.3, 0.4) is 0 Å². The van der Waals surface area contributed by atoms with E-state index in [4.69, 9.17) is 14.6 Å². The van der Waals surface area contributed by atoms with Gasteiger partial charge in [-0.05, 0) is 6.42 Å². The summed E-state index contributed by atoms with van der Waals surface area (Å²) in [6.07, 6.45) is 0.528. The van der Waals surface area contributed by atoms with Crippen LogP contribution in [0.5, 0.6) is 0 Å². The second-order valence-corrected chi connectivity index (χ2v) is 3.04. The van der Waals surface area contributed by atoms with Crippen molar-refractivity contribution in [1.29, 1.82) is 0 Å². The van der Waals surface area contributed by atoms with Gasteiger partial charge in [0.1, 0.15) is 6.10 Å². The van der Waals surface area contributed by atoms with Gasteiger partial charge in [0, 0.05) is 7.11 Å². The normalized spacial score (nSPS) is 27.4. The third-order valence-electron chi connectivity index (χ3n) is 2.18. The molecule has 80 valence electrons. The number of hydrogen-bond donors (Lipinski definition) is 1. The lowest BCUT2D eigenvalue weighted by Crippen LogP contribution is -2.54. The number of carbonyl (C=O) groups is 1. The maximum Gasteiger partial charge on any atom is 0.409 e. The summed E-state index contributed by atoms with van der Waals surface area (Å²) in [6.45, 7) is 4.35. The summed E-state index contributed by atoms with van der Waals surface area (Å²) in [5.41, 5.74) is 0. The van der Waals surface area contributed by atoms with Gasteiger partial charge in [-0.25, -0.2) is 4.79 Å². The second-order valence-electron chi connectivity index (χ2n) is 3.04. The van der Waals surface area contributed by atoms with Crippen LogP contribution < -0.4 is 0 Å². The number of morpholine rings is 1. The average Bonchev–Trinajstić information content (AvgIpc) is 2.18. The van der Waals surface area contributed by atoms with Gasteiger partial charge in [-0.2, -0.15) is 0 Å². The van der Waals surface area contributed by atoms with Crippen LogP contribution in [-0.4, -0.2) is 48.7 Å². The van der Waals surface area contributed by atoms with Crippen LogP contribution in [0.4, 0.5) is 4.79 Å². The quantitative estimate of drug-likeness (QED) is 0.689. The van der Waals surface area contributed by atoms with Gasteiger partial charge in [-0.15, -0.1) is 6.58 Å². The van der Waals surface area contributed by atoms with Crippen LogP contribution in [0.2, 0.25) is 0 Å². The van der Waals surface area contributed by atoms with Crippen molar-refractivity contribution in [3.8, 4) is 0 Å². The minimum absolute atomic E-state index is 0.248. The predicted octanol–water partition coefficient (Wildman–Crippen LogP) is 0.914. The third-order valence-corrected chi connectivity index (χ3v) is 2.18. The highest BCUT2D eigenvalue weighted by Gasteiger charge is 2.34. The standard InChI is InChI=1S/C9H15NO4/c1-3-4-7-8(13-2)10(9(11)12)5-6-14-7/h3,7-8H,1,4-6H2,2H3,(H,11,12). The van der Waals surface area contributed by atoms with Gasteiger partial charge < -0.3 is 14.6 Å². The van der Waals surface area contributed by atoms with Gasteiger partial charge in [-0.3, -0.25) is 4.90 Å². The predicted molar refractivity (Wildman–Crippen MR) is 50.1 cm³/mol. The maximum atomic E-state index is 10.8. The molecule has 0 aromatic carbocycles. The molecule has 0 aromatic rings. The van der Waals surface area contributed by atoms with Gasteiger partial charge in [0.25, 0.3) is 0 Å². The van der Waals surface area contributed by atoms with Crippen molar-refractivity contribution in [3.63, 3.8) is 0 Å². The van der Waals surface area contributed by atoms with Gasteiger partial charge in [0.05, 0.1) is 13.2 Å². The Morgan fingerprint density at radius 2 is 2.57 bits per heavy atom. The molecule has 5 heteroatoms. The summed E-state index contributed by atoms with van der Waals surface area (Å²) in [7, 11) is 1.48. The summed E-state index contributed by atoms with van der Waals surface area (Å²) in [5, 5.41) is 8.89. The molecule has 1 aliphatic heterocycles. The Morgan fingerprint density at radius 1 is 1.86 bits per heavy atom. The van der Waals surface area contributed by atoms with Crippen molar-refractivity contribution in [2.24, 2.45) is 0 Å². The molecule has 0 saturated carbocycles. The number of rotatable bonds is 3. The van der Waals surface area contributed by atoms with Crippen molar-refractivity contribution in [1.82, 2.24) is 4.90 Å². The first-order valence-electron chi connectivity index (χ1n) is 4.45. The molecule has 2 unspecified atom stereocenters. The molecule has 1 saturated heterocycles. The summed E-state index contributed by atoms with van der Waals surface area (Å²) in [6, 6.07) is 0. The zero-order valence-electron chi connectivity index (χ0n) is 8.18. The number of hydrogen-bond acceptors (Lipinski definition) is 3. The van der Waals surface area contributed by atoms with Crippen molar-refractivity contribution >= 4 is 6.09 Å². The second kappa shape index (κ2) is 4.97. The molecule has 2 atom stereocenters. The van der Waals surface area contributed by atoms with E-state index in [1.807, 2.05) is 0 Å². The number of nitrogens with zero attached hydrogens (tertiary/aromatic N) is 1. The Morgan fingerprint density at radius 3 is 3.07 bits per heavy atom. The van der Waals surface area contributed by atoms with Crippen LogP contribution in [0.15, 0.2) is 12.7 Å². The molecule has 5 nitrogen and oxygen atoms in total. The average molecular weight is 201 g/mol. The highest BCUT2D eigenvalue weighted by Crippen LogP contribution is 2.17. The molecule has 1 rings (SSSR count). The van der Waals surface area contributed by atoms with E-state index >= 15 is 0 Å². The first-order chi connectivity index (χ1) is 6.70. The lowest BCUT2D eigenvalue weighted by atomic mass is 10.2. The van der Waals surface area contributed by atoms with Crippen LogP contribution >= 0.6 is 0 Å². The van der Waals surface area contributed by atoms with Crippen LogP contribution in [0.25, 0.3) is 0 Å². The van der Waals surface area contributed by atoms with Crippen molar-refractivity contribution in [2.75, 3.05) is 20.3 Å². The van der Waals surface area contributed by atoms with Gasteiger partial charge in [-0.1, -0.05) is 6.08 Å². The van der Waals surface area contributed by atoms with Gasteiger partial charge in [0.2, 0.25) is 0 Å². The zero-order chi connectivity index (χ0) is 10.6. The highest BCUT2D eigenvalue weighted by molar-refractivity contribution is 5.65. The SMILES string of the molecule is C=CCC1OCCN(C(=O)O)C1OC. The fourth-order valence-corrected chi connectivity index (χ4v) is 1.54. The minimum Gasteiger partial charge on any atom is -0.465 e. The van der Waals surface area contributed by atoms with E-state index in [-0.39, 0.29) is 6.10 Å². The number of carboxylic acid groups (broad SMARTS) is 1. The monoisotopic (exact) mass is 201 g/mol. The summed E-state index contributed by atoms with van der Waals surface area (Å²) < 4.78 is 10.5. The van der Waals surface area contributed by atoms with Crippen molar-refractivity contribution in [3.05, 3.63) is 12.7 Å². The smallest absolute Gasteiger partial charge is 0.409 e. The van der Waals surface area contributed by atoms with Crippen molar-refractivity contribution in [2.45, 2.75) is 18.8 Å². The minimum atomic E-state index is -0.978. The maximum absolute atomic E-state index is 10.8. The molecule has 0 spiro atoms. The molecule has 1 amide bonds. The Bertz CT molecular complexity index is 219. The number of amides is 1. The van der Waals surface area contributed by atoms with Gasteiger partial charge in [0.15, 0.2) is 6.23 Å². The molecule has 0 bridgehead atoms. The molecule has 1 heterocycles. The molecule has 0 aliphatic carbocycles. The largest absolute Gasteiger partial charge is 0.465 e. The summed E-state index contributed by atoms with van der Waals surface area (Å²) in [5.74, 6) is 0. The first kappa shape index (κ1) is 11.0. The molecule has 14 heavy (non-hydrogen) atoms. The van der Waals surface area contributed by atoms with E-state index in [2.05, 4.69) is 6.58 Å². The molecule has 0 aromatic heterocycles. The third kappa shape index (κ3) is 2.24. The van der Waals surface area contributed by atoms with E-state index in [1.54, 1.807) is 6.08 Å². The van der Waals surface area contributed by atoms with E-state index in [1.165, 1.54) is 12.0 Å². The fourth-order valence-electron chi connectivity index (χ4n) is 1.54. The van der Waals surface area contributed by atoms with E-state index in [9.17, 15) is 4.79 Å². The highest BCUT2D eigenvalue weighted by atomic mass is 16.6. The lowest BCUT2D eigenvalue weighted by molar-refractivity contribution is -0.156. The lowest BCUT2D eigenvalue weighted by Gasteiger charge is -2.38. The first-order valence-corrected chi connectivity index (χ1v) is 4.45. The Kier molecular flexibility index (Phi) is 3.91. The molecular formula is C9H15NO4. The van der Waals surface area contributed by atoms with Crippen LogP contribution in [-0.2, 0) is 9.47 Å². The molecule has 1 aliphatic rings. The Labute approximate surface area is 82.9 Å². The summed E-state index contributed by atoms with van der Waals surface area (Å²) in [4.78, 5) is 12.1. The van der Waals surface area contributed by atoms with Crippen LogP contribution in [0, 0.1) is 0 Å². The van der Waals surface area contributed by atoms with E-state index in [0.717, 1.165) is 0 Å². The molecule has 1 fully saturated rings. The topological polar surface area (TPSA) is 59.0 Å². The Balaban J connectivity index is 2.68. The van der Waals surface area contributed by atoms with Crippen LogP contribution in [0.1, 0.15) is 6.42 Å². The van der Waals surface area contributed by atoms with E-state index < -0.39 is 12.3 Å². The molecular weight excluding hydrogens is 186 g/mol. The number of methoxy groups -OCH3 is 1.